The van der Waals surface area contributed by atoms with Crippen LogP contribution in [0.5, 0.6) is 5.75 Å². The number of nitrogens with zero attached hydrogens (tertiary/aromatic N) is 2. The van der Waals surface area contributed by atoms with Crippen LogP contribution >= 0.6 is 11.6 Å². The van der Waals surface area contributed by atoms with Gasteiger partial charge in [0.25, 0.3) is 11.6 Å². The SMILES string of the molecule is COc1ccccc1CN(C)C(=O)COC(=O)c1cc(Cl)ccc1[N+](=O)[O-]. The summed E-state index contributed by atoms with van der Waals surface area (Å²) in [4.78, 5) is 36.0. The van der Waals surface area contributed by atoms with Gasteiger partial charge in [0.1, 0.15) is 11.3 Å². The summed E-state index contributed by atoms with van der Waals surface area (Å²) in [5, 5.41) is 11.2. The molecule has 0 atom stereocenters. The monoisotopic (exact) mass is 392 g/mol. The van der Waals surface area contributed by atoms with E-state index >= 15 is 0 Å². The fraction of sp³-hybridized carbons (Fsp3) is 0.222. The van der Waals surface area contributed by atoms with Crippen LogP contribution in [0.15, 0.2) is 42.5 Å². The number of halogens is 1. The molecular weight excluding hydrogens is 376 g/mol. The average Bonchev–Trinajstić information content (AvgIpc) is 2.65. The first-order valence-corrected chi connectivity index (χ1v) is 8.18. The Balaban J connectivity index is 2.02. The van der Waals surface area contributed by atoms with Gasteiger partial charge < -0.3 is 14.4 Å². The van der Waals surface area contributed by atoms with Gasteiger partial charge in [-0.3, -0.25) is 14.9 Å². The number of carbonyl (C=O) groups excluding carboxylic acids is 2. The highest BCUT2D eigenvalue weighted by Crippen LogP contribution is 2.23. The molecule has 0 radical (unpaired) electrons. The highest BCUT2D eigenvalue weighted by molar-refractivity contribution is 6.31. The van der Waals surface area contributed by atoms with E-state index in [2.05, 4.69) is 0 Å². The lowest BCUT2D eigenvalue weighted by atomic mass is 10.2. The van der Waals surface area contributed by atoms with Crippen LogP contribution in [-0.2, 0) is 16.1 Å². The summed E-state index contributed by atoms with van der Waals surface area (Å²) in [5.41, 5.74) is 0.0274. The molecule has 0 fully saturated rings. The van der Waals surface area contributed by atoms with Crippen molar-refractivity contribution in [2.24, 2.45) is 0 Å². The molecule has 0 spiro atoms. The van der Waals surface area contributed by atoms with E-state index in [1.807, 2.05) is 18.2 Å². The molecule has 2 aromatic carbocycles. The van der Waals surface area contributed by atoms with Gasteiger partial charge in [-0.05, 0) is 18.2 Å². The van der Waals surface area contributed by atoms with Gasteiger partial charge in [0.2, 0.25) is 0 Å². The molecule has 9 heteroatoms. The normalized spacial score (nSPS) is 10.2. The van der Waals surface area contributed by atoms with Gasteiger partial charge in [-0.1, -0.05) is 29.8 Å². The largest absolute Gasteiger partial charge is 0.496 e. The van der Waals surface area contributed by atoms with Crippen LogP contribution in [0.2, 0.25) is 5.02 Å². The minimum atomic E-state index is -0.997. The van der Waals surface area contributed by atoms with Crippen molar-refractivity contribution < 1.29 is 24.0 Å². The van der Waals surface area contributed by atoms with E-state index in [9.17, 15) is 19.7 Å². The topological polar surface area (TPSA) is 99.0 Å². The summed E-state index contributed by atoms with van der Waals surface area (Å²) in [5.74, 6) is -0.842. The van der Waals surface area contributed by atoms with Gasteiger partial charge in [-0.2, -0.15) is 0 Å². The number of nitro benzene ring substituents is 1. The van der Waals surface area contributed by atoms with Crippen LogP contribution < -0.4 is 4.74 Å². The zero-order valence-electron chi connectivity index (χ0n) is 14.7. The van der Waals surface area contributed by atoms with Gasteiger partial charge in [0.15, 0.2) is 6.61 Å². The third-order valence-electron chi connectivity index (χ3n) is 3.73. The molecule has 0 aliphatic carbocycles. The van der Waals surface area contributed by atoms with Crippen molar-refractivity contribution in [3.05, 3.63) is 68.7 Å². The van der Waals surface area contributed by atoms with Crippen molar-refractivity contribution in [3.8, 4) is 5.75 Å². The molecule has 0 saturated heterocycles. The van der Waals surface area contributed by atoms with E-state index in [0.717, 1.165) is 17.7 Å². The lowest BCUT2D eigenvalue weighted by molar-refractivity contribution is -0.385. The van der Waals surface area contributed by atoms with Crippen LogP contribution in [0.1, 0.15) is 15.9 Å². The molecule has 1 amide bonds. The molecular formula is C18H17ClN2O6. The van der Waals surface area contributed by atoms with Crippen molar-refractivity contribution in [1.29, 1.82) is 0 Å². The molecule has 0 aliphatic rings. The number of rotatable bonds is 7. The summed E-state index contributed by atoms with van der Waals surface area (Å²) in [6.45, 7) is -0.314. The number of likely N-dealkylation sites (N-methyl/N-ethyl adjacent to an activating group) is 1. The molecule has 0 aromatic heterocycles. The number of carbonyl (C=O) groups is 2. The van der Waals surface area contributed by atoms with Crippen molar-refractivity contribution in [3.63, 3.8) is 0 Å². The maximum Gasteiger partial charge on any atom is 0.345 e. The van der Waals surface area contributed by atoms with E-state index in [4.69, 9.17) is 21.1 Å². The molecule has 142 valence electrons. The average molecular weight is 393 g/mol. The van der Waals surface area contributed by atoms with Crippen molar-refractivity contribution >= 4 is 29.2 Å². The third kappa shape index (κ3) is 5.18. The first-order chi connectivity index (χ1) is 12.8. The Hall–Kier alpha value is -3.13. The van der Waals surface area contributed by atoms with Gasteiger partial charge in [0, 0.05) is 30.2 Å². The van der Waals surface area contributed by atoms with Gasteiger partial charge in [-0.15, -0.1) is 0 Å². The number of esters is 1. The zero-order chi connectivity index (χ0) is 20.0. The highest BCUT2D eigenvalue weighted by atomic mass is 35.5. The Morgan fingerprint density at radius 1 is 1.22 bits per heavy atom. The fourth-order valence-electron chi connectivity index (χ4n) is 2.32. The maximum absolute atomic E-state index is 12.2. The summed E-state index contributed by atoms with van der Waals surface area (Å²) in [6.07, 6.45) is 0. The molecule has 0 N–H and O–H groups in total. The number of benzene rings is 2. The Morgan fingerprint density at radius 3 is 2.59 bits per heavy atom. The summed E-state index contributed by atoms with van der Waals surface area (Å²) in [6, 6.07) is 10.7. The molecule has 8 nitrogen and oxygen atoms in total. The minimum Gasteiger partial charge on any atom is -0.496 e. The number of methoxy groups -OCH3 is 1. The molecule has 2 aromatic rings. The smallest absolute Gasteiger partial charge is 0.345 e. The predicted octanol–water partition coefficient (Wildman–Crippen LogP) is 3.07. The van der Waals surface area contributed by atoms with Crippen molar-refractivity contribution in [2.45, 2.75) is 6.54 Å². The van der Waals surface area contributed by atoms with Crippen LogP contribution in [0, 0.1) is 10.1 Å². The highest BCUT2D eigenvalue weighted by Gasteiger charge is 2.23. The van der Waals surface area contributed by atoms with E-state index in [0.29, 0.717) is 5.75 Å². The second-order valence-electron chi connectivity index (χ2n) is 5.56. The van der Waals surface area contributed by atoms with Gasteiger partial charge in [0.05, 0.1) is 12.0 Å². The quantitative estimate of drug-likeness (QED) is 0.408. The predicted molar refractivity (Wildman–Crippen MR) is 97.9 cm³/mol. The summed E-state index contributed by atoms with van der Waals surface area (Å²) < 4.78 is 10.2. The Labute approximate surface area is 160 Å². The van der Waals surface area contributed by atoms with E-state index < -0.39 is 29.1 Å². The zero-order valence-corrected chi connectivity index (χ0v) is 15.4. The van der Waals surface area contributed by atoms with Crippen molar-refractivity contribution in [2.75, 3.05) is 20.8 Å². The Morgan fingerprint density at radius 2 is 1.93 bits per heavy atom. The van der Waals surface area contributed by atoms with Crippen LogP contribution in [-0.4, -0.2) is 42.5 Å². The summed E-state index contributed by atoms with van der Waals surface area (Å²) in [7, 11) is 3.07. The molecule has 27 heavy (non-hydrogen) atoms. The maximum atomic E-state index is 12.2. The molecule has 0 saturated carbocycles. The third-order valence-corrected chi connectivity index (χ3v) is 3.96. The molecule has 0 aliphatic heterocycles. The number of hydrogen-bond donors (Lipinski definition) is 0. The van der Waals surface area contributed by atoms with E-state index in [1.54, 1.807) is 13.1 Å². The fourth-order valence-corrected chi connectivity index (χ4v) is 2.50. The van der Waals surface area contributed by atoms with Gasteiger partial charge >= 0.3 is 5.97 Å². The van der Waals surface area contributed by atoms with Gasteiger partial charge in [-0.25, -0.2) is 4.79 Å². The second-order valence-corrected chi connectivity index (χ2v) is 5.99. The van der Waals surface area contributed by atoms with E-state index in [-0.39, 0.29) is 17.1 Å². The number of ether oxygens (including phenoxy) is 2. The molecule has 0 unspecified atom stereocenters. The van der Waals surface area contributed by atoms with Crippen LogP contribution in [0.4, 0.5) is 5.69 Å². The number of para-hydroxylation sites is 1. The lowest BCUT2D eigenvalue weighted by Crippen LogP contribution is -2.31. The first kappa shape index (κ1) is 20.2. The number of nitro groups is 1. The van der Waals surface area contributed by atoms with Crippen LogP contribution in [0.3, 0.4) is 0 Å². The second kappa shape index (κ2) is 9.00. The minimum absolute atomic E-state index is 0.146. The van der Waals surface area contributed by atoms with E-state index in [1.165, 1.54) is 18.1 Å². The first-order valence-electron chi connectivity index (χ1n) is 7.80. The molecule has 0 heterocycles. The number of hydrogen-bond acceptors (Lipinski definition) is 6. The molecule has 0 bridgehead atoms. The lowest BCUT2D eigenvalue weighted by Gasteiger charge is -2.18. The summed E-state index contributed by atoms with van der Waals surface area (Å²) >= 11 is 5.78. The molecule has 2 rings (SSSR count). The standard InChI is InChI=1S/C18H17ClN2O6/c1-20(10-12-5-3-4-6-16(12)26-2)17(22)11-27-18(23)14-9-13(19)7-8-15(14)21(24)25/h3-9H,10-11H2,1-2H3. The Bertz CT molecular complexity index is 871. The number of amides is 1. The Kier molecular flexibility index (Phi) is 6.73. The van der Waals surface area contributed by atoms with Crippen molar-refractivity contribution in [1.82, 2.24) is 4.90 Å². The van der Waals surface area contributed by atoms with Crippen LogP contribution in [0.25, 0.3) is 0 Å².